The van der Waals surface area contributed by atoms with Gasteiger partial charge in [-0.3, -0.25) is 4.79 Å². The number of piperidine rings is 1. The van der Waals surface area contributed by atoms with Crippen molar-refractivity contribution in [3.8, 4) is 0 Å². The van der Waals surface area contributed by atoms with E-state index in [4.69, 9.17) is 0 Å². The minimum absolute atomic E-state index is 0.131. The second-order valence-electron chi connectivity index (χ2n) is 4.05. The highest BCUT2D eigenvalue weighted by molar-refractivity contribution is 7.16. The van der Waals surface area contributed by atoms with E-state index in [9.17, 15) is 4.79 Å². The molecule has 1 amide bonds. The van der Waals surface area contributed by atoms with Gasteiger partial charge >= 0.3 is 0 Å². The van der Waals surface area contributed by atoms with Crippen LogP contribution in [-0.4, -0.2) is 28.5 Å². The number of carbonyl (C=O) groups is 1. The Labute approximate surface area is 102 Å². The number of nitrogens with one attached hydrogen (secondary N) is 2. The average molecular weight is 248 g/mol. The zero-order valence-electron chi connectivity index (χ0n) is 9.14. The summed E-state index contributed by atoms with van der Waals surface area (Å²) in [6.07, 6.45) is 3.00. The maximum atomic E-state index is 11.1. The molecule has 1 unspecified atom stereocenters. The number of fused-ring (bicyclic) bond motifs is 1. The molecule has 6 heteroatoms. The number of hydrogen-bond acceptors (Lipinski definition) is 5. The van der Waals surface area contributed by atoms with Crippen molar-refractivity contribution in [1.29, 1.82) is 0 Å². The summed E-state index contributed by atoms with van der Waals surface area (Å²) in [6, 6.07) is 2.27. The van der Waals surface area contributed by atoms with Gasteiger partial charge in [-0.15, -0.1) is 11.3 Å². The SMILES string of the molecule is O=C1CCC(Nc2ncnc3sccc23)CN1. The number of hydrogen-bond donors (Lipinski definition) is 2. The van der Waals surface area contributed by atoms with E-state index < -0.39 is 0 Å². The molecule has 1 aliphatic heterocycles. The molecule has 3 heterocycles. The molecule has 1 saturated heterocycles. The first-order valence-corrected chi connectivity index (χ1v) is 6.42. The van der Waals surface area contributed by atoms with Crippen LogP contribution in [0.3, 0.4) is 0 Å². The molecule has 1 atom stereocenters. The van der Waals surface area contributed by atoms with Crippen LogP contribution in [0.2, 0.25) is 0 Å². The van der Waals surface area contributed by atoms with Gasteiger partial charge in [0.15, 0.2) is 0 Å². The fourth-order valence-electron chi connectivity index (χ4n) is 1.95. The van der Waals surface area contributed by atoms with Crippen molar-refractivity contribution in [3.05, 3.63) is 17.8 Å². The van der Waals surface area contributed by atoms with E-state index in [-0.39, 0.29) is 11.9 Å². The van der Waals surface area contributed by atoms with E-state index in [0.29, 0.717) is 13.0 Å². The van der Waals surface area contributed by atoms with Gasteiger partial charge in [-0.05, 0) is 17.9 Å². The van der Waals surface area contributed by atoms with Crippen molar-refractivity contribution in [2.75, 3.05) is 11.9 Å². The topological polar surface area (TPSA) is 66.9 Å². The Morgan fingerprint density at radius 2 is 2.41 bits per heavy atom. The van der Waals surface area contributed by atoms with Gasteiger partial charge in [-0.2, -0.15) is 0 Å². The first-order valence-electron chi connectivity index (χ1n) is 5.54. The summed E-state index contributed by atoms with van der Waals surface area (Å²) in [7, 11) is 0. The molecular formula is C11H12N4OS. The molecule has 2 N–H and O–H groups in total. The van der Waals surface area contributed by atoms with Crippen molar-refractivity contribution in [1.82, 2.24) is 15.3 Å². The van der Waals surface area contributed by atoms with E-state index in [1.165, 1.54) is 0 Å². The summed E-state index contributed by atoms with van der Waals surface area (Å²) in [5.41, 5.74) is 0. The Kier molecular flexibility index (Phi) is 2.64. The largest absolute Gasteiger partial charge is 0.365 e. The second-order valence-corrected chi connectivity index (χ2v) is 4.94. The highest BCUT2D eigenvalue weighted by Crippen LogP contribution is 2.24. The fraction of sp³-hybridized carbons (Fsp3) is 0.364. The molecule has 5 nitrogen and oxygen atoms in total. The van der Waals surface area contributed by atoms with Crippen molar-refractivity contribution in [3.63, 3.8) is 0 Å². The number of anilines is 1. The molecule has 2 aromatic heterocycles. The minimum Gasteiger partial charge on any atom is -0.365 e. The lowest BCUT2D eigenvalue weighted by molar-refractivity contribution is -0.122. The Bertz CT molecular complexity index is 543. The predicted octanol–water partition coefficient (Wildman–Crippen LogP) is 1.38. The summed E-state index contributed by atoms with van der Waals surface area (Å²) < 4.78 is 0. The molecule has 2 aromatic rings. The number of carbonyl (C=O) groups excluding carboxylic acids is 1. The quantitative estimate of drug-likeness (QED) is 0.842. The monoisotopic (exact) mass is 248 g/mol. The van der Waals surface area contributed by atoms with E-state index in [2.05, 4.69) is 20.6 Å². The van der Waals surface area contributed by atoms with Gasteiger partial charge in [-0.25, -0.2) is 9.97 Å². The van der Waals surface area contributed by atoms with Crippen molar-refractivity contribution in [2.45, 2.75) is 18.9 Å². The van der Waals surface area contributed by atoms with E-state index in [1.54, 1.807) is 17.7 Å². The maximum Gasteiger partial charge on any atom is 0.220 e. The summed E-state index contributed by atoms with van der Waals surface area (Å²) in [6.45, 7) is 0.661. The first-order chi connectivity index (χ1) is 8.33. The molecule has 0 saturated carbocycles. The standard InChI is InChI=1S/C11H12N4OS/c16-9-2-1-7(5-12-9)15-10-8-3-4-17-11(8)14-6-13-10/h3-4,6-7H,1-2,5H2,(H,12,16)(H,13,14,15). The van der Waals surface area contributed by atoms with Crippen LogP contribution in [0.15, 0.2) is 17.8 Å². The molecule has 17 heavy (non-hydrogen) atoms. The Balaban J connectivity index is 1.80. The zero-order chi connectivity index (χ0) is 11.7. The molecular weight excluding hydrogens is 236 g/mol. The van der Waals surface area contributed by atoms with Crippen molar-refractivity contribution >= 4 is 33.3 Å². The zero-order valence-corrected chi connectivity index (χ0v) is 9.96. The summed E-state index contributed by atoms with van der Waals surface area (Å²) in [5, 5.41) is 9.28. The Hall–Kier alpha value is -1.69. The summed E-state index contributed by atoms with van der Waals surface area (Å²) in [5.74, 6) is 0.990. The molecule has 88 valence electrons. The smallest absolute Gasteiger partial charge is 0.220 e. The number of rotatable bonds is 2. The van der Waals surface area contributed by atoms with Gasteiger partial charge in [0, 0.05) is 19.0 Å². The third-order valence-electron chi connectivity index (χ3n) is 2.87. The lowest BCUT2D eigenvalue weighted by Gasteiger charge is -2.24. The number of nitrogens with zero attached hydrogens (tertiary/aromatic N) is 2. The predicted molar refractivity (Wildman–Crippen MR) is 67.1 cm³/mol. The van der Waals surface area contributed by atoms with Gasteiger partial charge < -0.3 is 10.6 Å². The van der Waals surface area contributed by atoms with E-state index >= 15 is 0 Å². The molecule has 0 spiro atoms. The van der Waals surface area contributed by atoms with Crippen LogP contribution in [-0.2, 0) is 4.79 Å². The summed E-state index contributed by atoms with van der Waals surface area (Å²) >= 11 is 1.60. The molecule has 1 aliphatic rings. The van der Waals surface area contributed by atoms with Gasteiger partial charge in [0.25, 0.3) is 0 Å². The number of aromatic nitrogens is 2. The van der Waals surface area contributed by atoms with Crippen LogP contribution >= 0.6 is 11.3 Å². The maximum absolute atomic E-state index is 11.1. The van der Waals surface area contributed by atoms with Crippen molar-refractivity contribution < 1.29 is 4.79 Å². The molecule has 3 rings (SSSR count). The van der Waals surface area contributed by atoms with E-state index in [1.807, 2.05) is 11.4 Å². The van der Waals surface area contributed by atoms with Gasteiger partial charge in [0.05, 0.1) is 5.39 Å². The first kappa shape index (κ1) is 10.5. The average Bonchev–Trinajstić information content (AvgIpc) is 2.81. The van der Waals surface area contributed by atoms with Crippen molar-refractivity contribution in [2.24, 2.45) is 0 Å². The van der Waals surface area contributed by atoms with Crippen LogP contribution in [0.5, 0.6) is 0 Å². The second kappa shape index (κ2) is 4.29. The molecule has 0 bridgehead atoms. The third-order valence-corrected chi connectivity index (χ3v) is 3.69. The van der Waals surface area contributed by atoms with Gasteiger partial charge in [-0.1, -0.05) is 0 Å². The lowest BCUT2D eigenvalue weighted by Crippen LogP contribution is -2.42. The highest BCUT2D eigenvalue weighted by Gasteiger charge is 2.18. The number of thiophene rings is 1. The van der Waals surface area contributed by atoms with Crippen LogP contribution in [0.25, 0.3) is 10.2 Å². The van der Waals surface area contributed by atoms with Crippen LogP contribution < -0.4 is 10.6 Å². The minimum atomic E-state index is 0.131. The normalized spacial score (nSPS) is 20.2. The third kappa shape index (κ3) is 2.08. The lowest BCUT2D eigenvalue weighted by atomic mass is 10.1. The van der Waals surface area contributed by atoms with Gasteiger partial charge in [0.1, 0.15) is 17.0 Å². The molecule has 0 aliphatic carbocycles. The Morgan fingerprint density at radius 3 is 3.24 bits per heavy atom. The number of amides is 1. The fourth-order valence-corrected chi connectivity index (χ4v) is 2.69. The molecule has 1 fully saturated rings. The van der Waals surface area contributed by atoms with E-state index in [0.717, 1.165) is 22.5 Å². The Morgan fingerprint density at radius 1 is 1.47 bits per heavy atom. The molecule has 0 radical (unpaired) electrons. The highest BCUT2D eigenvalue weighted by atomic mass is 32.1. The van der Waals surface area contributed by atoms with Crippen LogP contribution in [0.1, 0.15) is 12.8 Å². The van der Waals surface area contributed by atoms with Gasteiger partial charge in [0.2, 0.25) is 5.91 Å². The summed E-state index contributed by atoms with van der Waals surface area (Å²) in [4.78, 5) is 20.5. The van der Waals surface area contributed by atoms with Crippen LogP contribution in [0.4, 0.5) is 5.82 Å². The van der Waals surface area contributed by atoms with Crippen LogP contribution in [0, 0.1) is 0 Å². The molecule has 0 aromatic carbocycles.